The zero-order valence-electron chi connectivity index (χ0n) is 15.6. The van der Waals surface area contributed by atoms with Gasteiger partial charge in [-0.15, -0.1) is 0 Å². The van der Waals surface area contributed by atoms with Gasteiger partial charge >= 0.3 is 5.97 Å². The summed E-state index contributed by atoms with van der Waals surface area (Å²) in [6.07, 6.45) is 0.0353. The lowest BCUT2D eigenvalue weighted by Gasteiger charge is -2.22. The highest BCUT2D eigenvalue weighted by Crippen LogP contribution is 2.36. The zero-order chi connectivity index (χ0) is 20.2. The Bertz CT molecular complexity index is 930. The third-order valence-electron chi connectivity index (χ3n) is 4.70. The summed E-state index contributed by atoms with van der Waals surface area (Å²) in [5.41, 5.74) is 1.26. The molecular formula is C21H20N2O6. The first-order valence-electron chi connectivity index (χ1n) is 9.32. The van der Waals surface area contributed by atoms with Gasteiger partial charge in [-0.05, 0) is 24.3 Å². The average Bonchev–Trinajstić information content (AvgIpc) is 3.14. The molecular weight excluding hydrogens is 376 g/mol. The maximum atomic E-state index is 12.4. The van der Waals surface area contributed by atoms with E-state index in [1.54, 1.807) is 42.5 Å². The molecule has 1 fully saturated rings. The highest BCUT2D eigenvalue weighted by molar-refractivity contribution is 6.00. The molecule has 2 aromatic rings. The standard InChI is InChI=1S/C21H20N2O6/c24-19(22-15-4-2-1-3-5-15)13-29-21(26)14-10-20(25)23(12-14)16-6-7-17-18(11-16)28-9-8-27-17/h1-7,11,14H,8-10,12-13H2,(H,22,24)/t14-/m0/s1. The van der Waals surface area contributed by atoms with E-state index < -0.39 is 24.4 Å². The minimum Gasteiger partial charge on any atom is -0.486 e. The normalized spacial score (nSPS) is 17.7. The van der Waals surface area contributed by atoms with Gasteiger partial charge in [0, 0.05) is 30.4 Å². The topological polar surface area (TPSA) is 94.2 Å². The van der Waals surface area contributed by atoms with Gasteiger partial charge < -0.3 is 24.4 Å². The maximum absolute atomic E-state index is 12.4. The van der Waals surface area contributed by atoms with Crippen LogP contribution in [-0.4, -0.2) is 44.1 Å². The second kappa shape index (κ2) is 8.22. The van der Waals surface area contributed by atoms with Crippen LogP contribution in [-0.2, 0) is 19.1 Å². The summed E-state index contributed by atoms with van der Waals surface area (Å²) in [7, 11) is 0. The predicted octanol–water partition coefficient (Wildman–Crippen LogP) is 1.99. The number of esters is 1. The number of para-hydroxylation sites is 1. The smallest absolute Gasteiger partial charge is 0.311 e. The molecule has 8 heteroatoms. The molecule has 0 bridgehead atoms. The summed E-state index contributed by atoms with van der Waals surface area (Å²) in [6, 6.07) is 14.1. The van der Waals surface area contributed by atoms with Crippen molar-refractivity contribution in [2.24, 2.45) is 5.92 Å². The number of nitrogens with one attached hydrogen (secondary N) is 1. The van der Waals surface area contributed by atoms with E-state index in [0.29, 0.717) is 36.1 Å². The van der Waals surface area contributed by atoms with Crippen molar-refractivity contribution in [1.82, 2.24) is 0 Å². The lowest BCUT2D eigenvalue weighted by atomic mass is 10.1. The van der Waals surface area contributed by atoms with E-state index >= 15 is 0 Å². The van der Waals surface area contributed by atoms with Crippen molar-refractivity contribution >= 4 is 29.2 Å². The van der Waals surface area contributed by atoms with Crippen LogP contribution >= 0.6 is 0 Å². The third-order valence-corrected chi connectivity index (χ3v) is 4.70. The first-order chi connectivity index (χ1) is 14.1. The van der Waals surface area contributed by atoms with Crippen LogP contribution < -0.4 is 19.7 Å². The quantitative estimate of drug-likeness (QED) is 0.777. The first kappa shape index (κ1) is 18.8. The molecule has 2 amide bonds. The predicted molar refractivity (Wildman–Crippen MR) is 104 cm³/mol. The van der Waals surface area contributed by atoms with Crippen molar-refractivity contribution in [1.29, 1.82) is 0 Å². The Balaban J connectivity index is 1.33. The van der Waals surface area contributed by atoms with Crippen molar-refractivity contribution < 1.29 is 28.6 Å². The van der Waals surface area contributed by atoms with Gasteiger partial charge in [0.1, 0.15) is 13.2 Å². The molecule has 1 N–H and O–H groups in total. The molecule has 150 valence electrons. The number of amides is 2. The van der Waals surface area contributed by atoms with E-state index in [2.05, 4.69) is 5.32 Å². The lowest BCUT2D eigenvalue weighted by Crippen LogP contribution is -2.28. The van der Waals surface area contributed by atoms with Crippen LogP contribution in [0, 0.1) is 5.92 Å². The molecule has 4 rings (SSSR count). The number of fused-ring (bicyclic) bond motifs is 1. The maximum Gasteiger partial charge on any atom is 0.311 e. The number of carbonyl (C=O) groups is 3. The number of hydrogen-bond donors (Lipinski definition) is 1. The Kier molecular flexibility index (Phi) is 5.33. The minimum atomic E-state index is -0.625. The van der Waals surface area contributed by atoms with Gasteiger partial charge in [-0.2, -0.15) is 0 Å². The highest BCUT2D eigenvalue weighted by Gasteiger charge is 2.36. The molecule has 2 heterocycles. The van der Waals surface area contributed by atoms with Crippen LogP contribution in [0.3, 0.4) is 0 Å². The fourth-order valence-corrected chi connectivity index (χ4v) is 3.29. The Morgan fingerprint density at radius 2 is 1.83 bits per heavy atom. The minimum absolute atomic E-state index is 0.0353. The van der Waals surface area contributed by atoms with Crippen LogP contribution in [0.15, 0.2) is 48.5 Å². The van der Waals surface area contributed by atoms with Crippen LogP contribution in [0.5, 0.6) is 11.5 Å². The van der Waals surface area contributed by atoms with Gasteiger partial charge in [-0.1, -0.05) is 18.2 Å². The fourth-order valence-electron chi connectivity index (χ4n) is 3.29. The van der Waals surface area contributed by atoms with Gasteiger partial charge in [0.2, 0.25) is 5.91 Å². The van der Waals surface area contributed by atoms with Crippen LogP contribution in [0.4, 0.5) is 11.4 Å². The average molecular weight is 396 g/mol. The monoisotopic (exact) mass is 396 g/mol. The summed E-state index contributed by atoms with van der Waals surface area (Å²) < 4.78 is 16.1. The molecule has 2 aliphatic rings. The molecule has 0 spiro atoms. The number of hydrogen-bond acceptors (Lipinski definition) is 6. The van der Waals surface area contributed by atoms with Gasteiger partial charge in [-0.3, -0.25) is 14.4 Å². The Morgan fingerprint density at radius 3 is 2.62 bits per heavy atom. The summed E-state index contributed by atoms with van der Waals surface area (Å²) in [5.74, 6) is -0.603. The van der Waals surface area contributed by atoms with Crippen molar-refractivity contribution in [2.45, 2.75) is 6.42 Å². The molecule has 0 unspecified atom stereocenters. The van der Waals surface area contributed by atoms with Gasteiger partial charge in [-0.25, -0.2) is 0 Å². The third kappa shape index (κ3) is 4.31. The number of benzene rings is 2. The molecule has 2 aliphatic heterocycles. The Morgan fingerprint density at radius 1 is 1.07 bits per heavy atom. The first-order valence-corrected chi connectivity index (χ1v) is 9.32. The van der Waals surface area contributed by atoms with Crippen LogP contribution in [0.2, 0.25) is 0 Å². The summed E-state index contributed by atoms with van der Waals surface area (Å²) >= 11 is 0. The number of ether oxygens (including phenoxy) is 3. The molecule has 0 aliphatic carbocycles. The van der Waals surface area contributed by atoms with Gasteiger partial charge in [0.05, 0.1) is 5.92 Å². The summed E-state index contributed by atoms with van der Waals surface area (Å²) in [4.78, 5) is 38.2. The molecule has 1 saturated heterocycles. The highest BCUT2D eigenvalue weighted by atomic mass is 16.6. The van der Waals surface area contributed by atoms with E-state index in [9.17, 15) is 14.4 Å². The van der Waals surface area contributed by atoms with E-state index in [1.165, 1.54) is 4.90 Å². The second-order valence-electron chi connectivity index (χ2n) is 6.76. The number of carbonyl (C=O) groups excluding carboxylic acids is 3. The largest absolute Gasteiger partial charge is 0.486 e. The van der Waals surface area contributed by atoms with Crippen molar-refractivity contribution in [2.75, 3.05) is 36.6 Å². The molecule has 8 nitrogen and oxygen atoms in total. The molecule has 1 atom stereocenters. The van der Waals surface area contributed by atoms with Crippen LogP contribution in [0.1, 0.15) is 6.42 Å². The zero-order valence-corrected chi connectivity index (χ0v) is 15.6. The van der Waals surface area contributed by atoms with Crippen molar-refractivity contribution in [3.63, 3.8) is 0 Å². The molecule has 0 saturated carbocycles. The Labute approximate surface area is 167 Å². The van der Waals surface area contributed by atoms with Crippen LogP contribution in [0.25, 0.3) is 0 Å². The number of nitrogens with zero attached hydrogens (tertiary/aromatic N) is 1. The summed E-state index contributed by atoms with van der Waals surface area (Å²) in [5, 5.41) is 2.64. The van der Waals surface area contributed by atoms with E-state index in [4.69, 9.17) is 14.2 Å². The van der Waals surface area contributed by atoms with E-state index in [0.717, 1.165) is 0 Å². The molecule has 29 heavy (non-hydrogen) atoms. The molecule has 0 radical (unpaired) electrons. The number of rotatable bonds is 5. The Hall–Kier alpha value is -3.55. The lowest BCUT2D eigenvalue weighted by molar-refractivity contribution is -0.151. The second-order valence-corrected chi connectivity index (χ2v) is 6.76. The van der Waals surface area contributed by atoms with Crippen molar-refractivity contribution in [3.05, 3.63) is 48.5 Å². The SMILES string of the molecule is O=C(COC(=O)[C@H]1CC(=O)N(c2ccc3c(c2)OCCO3)C1)Nc1ccccc1. The molecule has 0 aromatic heterocycles. The fraction of sp³-hybridized carbons (Fsp3) is 0.286. The van der Waals surface area contributed by atoms with E-state index in [1.807, 2.05) is 6.07 Å². The van der Waals surface area contributed by atoms with E-state index in [-0.39, 0.29) is 18.9 Å². The summed E-state index contributed by atoms with van der Waals surface area (Å²) in [6.45, 7) is 0.727. The van der Waals surface area contributed by atoms with Crippen molar-refractivity contribution in [3.8, 4) is 11.5 Å². The van der Waals surface area contributed by atoms with Gasteiger partial charge in [0.15, 0.2) is 18.1 Å². The molecule has 2 aromatic carbocycles. The van der Waals surface area contributed by atoms with Gasteiger partial charge in [0.25, 0.3) is 5.91 Å². The number of anilines is 2.